The number of benzene rings is 2. The first-order chi connectivity index (χ1) is 12.6. The fourth-order valence-corrected chi connectivity index (χ4v) is 2.93. The van der Waals surface area contributed by atoms with E-state index in [2.05, 4.69) is 20.8 Å². The van der Waals surface area contributed by atoms with Gasteiger partial charge in [-0.3, -0.25) is 20.4 Å². The Balaban J connectivity index is 1.42. The molecule has 6 nitrogen and oxygen atoms in total. The number of fused-ring (bicyclic) bond motifs is 2. The molecular formula is C19H15FN4O2. The van der Waals surface area contributed by atoms with Gasteiger partial charge in [0, 0.05) is 28.0 Å². The molecular weight excluding hydrogens is 335 g/mol. The molecule has 4 rings (SSSR count). The van der Waals surface area contributed by atoms with Crippen molar-refractivity contribution in [3.8, 4) is 0 Å². The molecule has 0 aliphatic rings. The molecule has 0 atom stereocenters. The van der Waals surface area contributed by atoms with E-state index in [1.165, 1.54) is 12.1 Å². The molecule has 2 aromatic heterocycles. The Hall–Kier alpha value is -3.61. The third-order valence-electron chi connectivity index (χ3n) is 4.20. The summed E-state index contributed by atoms with van der Waals surface area (Å²) in [6.45, 7) is 0. The van der Waals surface area contributed by atoms with Gasteiger partial charge in [-0.2, -0.15) is 0 Å². The molecule has 0 bridgehead atoms. The number of para-hydroxylation sites is 1. The Bertz CT molecular complexity index is 1130. The molecule has 0 aliphatic carbocycles. The van der Waals surface area contributed by atoms with Gasteiger partial charge in [0.05, 0.1) is 6.42 Å². The summed E-state index contributed by atoms with van der Waals surface area (Å²) in [5.74, 6) is -1.32. The summed E-state index contributed by atoms with van der Waals surface area (Å²) in [4.78, 5) is 30.2. The lowest BCUT2D eigenvalue weighted by molar-refractivity contribution is -0.121. The fraction of sp³-hybridized carbons (Fsp3) is 0.0526. The van der Waals surface area contributed by atoms with Gasteiger partial charge in [-0.15, -0.1) is 0 Å². The zero-order chi connectivity index (χ0) is 18.1. The lowest BCUT2D eigenvalue weighted by atomic mass is 10.1. The summed E-state index contributed by atoms with van der Waals surface area (Å²) in [5.41, 5.74) is 7.17. The quantitative estimate of drug-likeness (QED) is 0.428. The van der Waals surface area contributed by atoms with E-state index in [0.717, 1.165) is 16.5 Å². The summed E-state index contributed by atoms with van der Waals surface area (Å²) in [6.07, 6.45) is 1.89. The van der Waals surface area contributed by atoms with Crippen molar-refractivity contribution in [2.24, 2.45) is 0 Å². The molecule has 2 heterocycles. The smallest absolute Gasteiger partial charge is 0.286 e. The molecule has 4 N–H and O–H groups in total. The van der Waals surface area contributed by atoms with Crippen LogP contribution in [0.3, 0.4) is 0 Å². The predicted molar refractivity (Wildman–Crippen MR) is 95.9 cm³/mol. The van der Waals surface area contributed by atoms with Gasteiger partial charge in [0.25, 0.3) is 5.91 Å². The van der Waals surface area contributed by atoms with Gasteiger partial charge >= 0.3 is 0 Å². The van der Waals surface area contributed by atoms with Crippen LogP contribution >= 0.6 is 0 Å². The molecule has 0 saturated carbocycles. The number of aromatic nitrogens is 2. The minimum atomic E-state index is -0.548. The van der Waals surface area contributed by atoms with E-state index >= 15 is 0 Å². The van der Waals surface area contributed by atoms with Crippen LogP contribution in [0.1, 0.15) is 16.1 Å². The van der Waals surface area contributed by atoms with Gasteiger partial charge in [0.2, 0.25) is 5.91 Å². The average molecular weight is 350 g/mol. The third kappa shape index (κ3) is 2.90. The van der Waals surface area contributed by atoms with Crippen LogP contribution in [0.5, 0.6) is 0 Å². The van der Waals surface area contributed by atoms with Crippen LogP contribution in [-0.4, -0.2) is 21.8 Å². The van der Waals surface area contributed by atoms with E-state index in [-0.39, 0.29) is 18.0 Å². The van der Waals surface area contributed by atoms with Crippen LogP contribution in [0.4, 0.5) is 4.39 Å². The Morgan fingerprint density at radius 1 is 0.962 bits per heavy atom. The van der Waals surface area contributed by atoms with Crippen molar-refractivity contribution < 1.29 is 14.0 Å². The SMILES string of the molecule is O=C(Cc1c[nH]c2ccccc12)NNC(=O)c1cc2c(F)cccc2[nH]1. The van der Waals surface area contributed by atoms with Gasteiger partial charge in [0.15, 0.2) is 0 Å². The lowest BCUT2D eigenvalue weighted by Crippen LogP contribution is -2.42. The zero-order valence-corrected chi connectivity index (χ0v) is 13.6. The summed E-state index contributed by atoms with van der Waals surface area (Å²) in [7, 11) is 0. The molecule has 26 heavy (non-hydrogen) atoms. The second kappa shape index (κ2) is 6.36. The molecule has 2 amide bonds. The number of H-pyrrole nitrogens is 2. The number of carbonyl (C=O) groups is 2. The van der Waals surface area contributed by atoms with Gasteiger partial charge in [-0.05, 0) is 29.8 Å². The first-order valence-electron chi connectivity index (χ1n) is 8.03. The van der Waals surface area contributed by atoms with Crippen molar-refractivity contribution in [2.45, 2.75) is 6.42 Å². The number of halogens is 1. The topological polar surface area (TPSA) is 89.8 Å². The standard InChI is InChI=1S/C19H15FN4O2/c20-14-5-3-7-16-13(14)9-17(22-16)19(26)24-23-18(25)8-11-10-21-15-6-2-1-4-12(11)15/h1-7,9-10,21-22H,8H2,(H,23,25)(H,24,26). The molecule has 130 valence electrons. The van der Waals surface area contributed by atoms with Gasteiger partial charge in [-0.1, -0.05) is 24.3 Å². The zero-order valence-electron chi connectivity index (χ0n) is 13.6. The first-order valence-corrected chi connectivity index (χ1v) is 8.03. The van der Waals surface area contributed by atoms with E-state index in [1.54, 1.807) is 18.3 Å². The molecule has 0 fully saturated rings. The summed E-state index contributed by atoms with van der Waals surface area (Å²) < 4.78 is 13.7. The van der Waals surface area contributed by atoms with Crippen LogP contribution in [-0.2, 0) is 11.2 Å². The van der Waals surface area contributed by atoms with Crippen LogP contribution in [0.25, 0.3) is 21.8 Å². The number of carbonyl (C=O) groups excluding carboxylic acids is 2. The monoisotopic (exact) mass is 350 g/mol. The summed E-state index contributed by atoms with van der Waals surface area (Å²) >= 11 is 0. The van der Waals surface area contributed by atoms with Crippen LogP contribution < -0.4 is 10.9 Å². The fourth-order valence-electron chi connectivity index (χ4n) is 2.93. The highest BCUT2D eigenvalue weighted by molar-refractivity contribution is 5.99. The molecule has 0 aliphatic heterocycles. The highest BCUT2D eigenvalue weighted by atomic mass is 19.1. The second-order valence-corrected chi connectivity index (χ2v) is 5.92. The van der Waals surface area contributed by atoms with E-state index in [9.17, 15) is 14.0 Å². The highest BCUT2D eigenvalue weighted by Crippen LogP contribution is 2.19. The molecule has 2 aromatic carbocycles. The van der Waals surface area contributed by atoms with Crippen LogP contribution in [0.2, 0.25) is 0 Å². The number of hydrogen-bond donors (Lipinski definition) is 4. The van der Waals surface area contributed by atoms with E-state index in [4.69, 9.17) is 0 Å². The highest BCUT2D eigenvalue weighted by Gasteiger charge is 2.13. The number of hydrogen-bond acceptors (Lipinski definition) is 2. The summed E-state index contributed by atoms with van der Waals surface area (Å²) in [5, 5.41) is 1.28. The second-order valence-electron chi connectivity index (χ2n) is 5.92. The summed E-state index contributed by atoms with van der Waals surface area (Å²) in [6, 6.07) is 13.6. The predicted octanol–water partition coefficient (Wildman–Crippen LogP) is 2.79. The van der Waals surface area contributed by atoms with Crippen LogP contribution in [0.15, 0.2) is 54.7 Å². The van der Waals surface area contributed by atoms with Crippen molar-refractivity contribution in [2.75, 3.05) is 0 Å². The Kier molecular flexibility index (Phi) is 3.89. The number of hydrazine groups is 1. The molecule has 0 unspecified atom stereocenters. The number of aromatic amines is 2. The largest absolute Gasteiger partial charge is 0.361 e. The maximum absolute atomic E-state index is 13.7. The van der Waals surface area contributed by atoms with Gasteiger partial charge in [0.1, 0.15) is 11.5 Å². The van der Waals surface area contributed by atoms with Crippen molar-refractivity contribution in [1.82, 2.24) is 20.8 Å². The normalized spacial score (nSPS) is 11.0. The lowest BCUT2D eigenvalue weighted by Gasteiger charge is -2.06. The maximum atomic E-state index is 13.7. The third-order valence-corrected chi connectivity index (χ3v) is 4.20. The van der Waals surface area contributed by atoms with Crippen molar-refractivity contribution >= 4 is 33.6 Å². The number of amides is 2. The number of nitrogens with one attached hydrogen (secondary N) is 4. The van der Waals surface area contributed by atoms with E-state index in [0.29, 0.717) is 10.9 Å². The Morgan fingerprint density at radius 3 is 2.62 bits per heavy atom. The van der Waals surface area contributed by atoms with Gasteiger partial charge < -0.3 is 9.97 Å². The van der Waals surface area contributed by atoms with E-state index in [1.807, 2.05) is 24.3 Å². The average Bonchev–Trinajstić information content (AvgIpc) is 3.25. The molecule has 0 radical (unpaired) electrons. The minimum Gasteiger partial charge on any atom is -0.361 e. The van der Waals surface area contributed by atoms with Crippen LogP contribution in [0, 0.1) is 5.82 Å². The van der Waals surface area contributed by atoms with E-state index < -0.39 is 11.7 Å². The molecule has 4 aromatic rings. The molecule has 7 heteroatoms. The first kappa shape index (κ1) is 15.9. The minimum absolute atomic E-state index is 0.117. The van der Waals surface area contributed by atoms with Crippen molar-refractivity contribution in [3.63, 3.8) is 0 Å². The van der Waals surface area contributed by atoms with Gasteiger partial charge in [-0.25, -0.2) is 4.39 Å². The maximum Gasteiger partial charge on any atom is 0.286 e. The molecule has 0 spiro atoms. The Morgan fingerprint density at radius 2 is 1.77 bits per heavy atom. The number of rotatable bonds is 3. The Labute approximate surface area is 147 Å². The molecule has 0 saturated heterocycles. The van der Waals surface area contributed by atoms with Crippen molar-refractivity contribution in [3.05, 3.63) is 71.8 Å². The van der Waals surface area contributed by atoms with Crippen molar-refractivity contribution in [1.29, 1.82) is 0 Å².